The van der Waals surface area contributed by atoms with Gasteiger partial charge in [-0.3, -0.25) is 9.59 Å². The van der Waals surface area contributed by atoms with Crippen LogP contribution in [-0.2, 0) is 27.3 Å². The third-order valence-electron chi connectivity index (χ3n) is 7.41. The molecule has 2 atom stereocenters. The normalized spacial score (nSPS) is 15.6. The first-order valence-electron chi connectivity index (χ1n) is 13.7. The Balaban J connectivity index is 1.49. The van der Waals surface area contributed by atoms with Crippen LogP contribution < -0.4 is 10.1 Å². The smallest absolute Gasteiger partial charge is 0.247 e. The molecule has 1 N–H and O–H groups in total. The van der Waals surface area contributed by atoms with E-state index < -0.39 is 6.04 Å². The summed E-state index contributed by atoms with van der Waals surface area (Å²) in [6.07, 6.45) is 2.45. The fraction of sp³-hybridized carbons (Fsp3) is 0.355. The zero-order valence-electron chi connectivity index (χ0n) is 23.0. The van der Waals surface area contributed by atoms with Crippen LogP contribution in [0.3, 0.4) is 0 Å². The first kappa shape index (κ1) is 27.3. The molecule has 1 aliphatic rings. The molecule has 2 heterocycles. The number of benzene rings is 3. The van der Waals surface area contributed by atoms with Crippen molar-refractivity contribution in [1.82, 2.24) is 25.2 Å². The lowest BCUT2D eigenvalue weighted by Crippen LogP contribution is -2.47. The second-order valence-electron chi connectivity index (χ2n) is 10.1. The maximum Gasteiger partial charge on any atom is 0.247 e. The molecule has 0 spiro atoms. The van der Waals surface area contributed by atoms with Crippen LogP contribution in [0.2, 0.25) is 0 Å². The molecule has 9 heteroatoms. The molecule has 0 aliphatic carbocycles. The summed E-state index contributed by atoms with van der Waals surface area (Å²) in [4.78, 5) is 29.7. The van der Waals surface area contributed by atoms with Crippen molar-refractivity contribution < 1.29 is 19.1 Å². The SMILES string of the molecule is COc1cccc([C@@H](C(=O)NC[C@@H]2CCCO2)N(CCc2ccccc2C)C(=O)Cn2nnc3ccccc32)c1. The lowest BCUT2D eigenvalue weighted by molar-refractivity contribution is -0.141. The molecule has 1 aromatic heterocycles. The molecule has 208 valence electrons. The van der Waals surface area contributed by atoms with E-state index in [1.165, 1.54) is 0 Å². The maximum atomic E-state index is 14.1. The minimum absolute atomic E-state index is 0.0208. The molecule has 1 saturated heterocycles. The standard InChI is InChI=1S/C31H35N5O4/c1-22-9-3-4-10-23(22)16-17-35(29(37)21-36-28-15-6-5-14-27(28)33-34-36)30(24-11-7-12-25(19-24)39-2)31(38)32-20-26-13-8-18-40-26/h3-7,9-12,14-15,19,26,30H,8,13,16-18,20-21H2,1-2H3,(H,32,38)/t26-,30-/m0/s1. The third kappa shape index (κ3) is 6.31. The highest BCUT2D eigenvalue weighted by molar-refractivity contribution is 5.89. The Bertz CT molecular complexity index is 1460. The fourth-order valence-electron chi connectivity index (χ4n) is 5.18. The van der Waals surface area contributed by atoms with Crippen LogP contribution in [0.5, 0.6) is 5.75 Å². The number of hydrogen-bond donors (Lipinski definition) is 1. The Kier molecular flexibility index (Phi) is 8.71. The van der Waals surface area contributed by atoms with Gasteiger partial charge < -0.3 is 19.7 Å². The van der Waals surface area contributed by atoms with E-state index in [1.54, 1.807) is 16.7 Å². The second-order valence-corrected chi connectivity index (χ2v) is 10.1. The first-order valence-corrected chi connectivity index (χ1v) is 13.7. The van der Waals surface area contributed by atoms with Crippen molar-refractivity contribution >= 4 is 22.8 Å². The summed E-state index contributed by atoms with van der Waals surface area (Å²) in [5.74, 6) is 0.123. The van der Waals surface area contributed by atoms with Gasteiger partial charge in [0.25, 0.3) is 0 Å². The van der Waals surface area contributed by atoms with Gasteiger partial charge >= 0.3 is 0 Å². The third-order valence-corrected chi connectivity index (χ3v) is 7.41. The Morgan fingerprint density at radius 1 is 1.12 bits per heavy atom. The Labute approximate surface area is 234 Å². The number of aryl methyl sites for hydroxylation is 1. The van der Waals surface area contributed by atoms with Gasteiger partial charge in [0, 0.05) is 19.7 Å². The number of hydrogen-bond acceptors (Lipinski definition) is 6. The summed E-state index contributed by atoms with van der Waals surface area (Å²) in [5, 5.41) is 11.5. The van der Waals surface area contributed by atoms with E-state index in [2.05, 4.69) is 34.7 Å². The van der Waals surface area contributed by atoms with Gasteiger partial charge in [-0.25, -0.2) is 4.68 Å². The summed E-state index contributed by atoms with van der Waals surface area (Å²) < 4.78 is 12.8. The van der Waals surface area contributed by atoms with E-state index >= 15 is 0 Å². The van der Waals surface area contributed by atoms with E-state index in [9.17, 15) is 9.59 Å². The largest absolute Gasteiger partial charge is 0.497 e. The quantitative estimate of drug-likeness (QED) is 0.310. The highest BCUT2D eigenvalue weighted by Crippen LogP contribution is 2.27. The van der Waals surface area contributed by atoms with E-state index in [1.807, 2.05) is 60.7 Å². The van der Waals surface area contributed by atoms with Gasteiger partial charge in [-0.2, -0.15) is 0 Å². The summed E-state index contributed by atoms with van der Waals surface area (Å²) in [6.45, 7) is 3.44. The number of carbonyl (C=O) groups excluding carboxylic acids is 2. The number of aromatic nitrogens is 3. The van der Waals surface area contributed by atoms with Crippen LogP contribution >= 0.6 is 0 Å². The molecule has 0 radical (unpaired) electrons. The lowest BCUT2D eigenvalue weighted by Gasteiger charge is -2.32. The van der Waals surface area contributed by atoms with Crippen LogP contribution in [0.15, 0.2) is 72.8 Å². The van der Waals surface area contributed by atoms with E-state index in [0.717, 1.165) is 29.5 Å². The van der Waals surface area contributed by atoms with Crippen molar-refractivity contribution in [3.05, 3.63) is 89.5 Å². The van der Waals surface area contributed by atoms with Gasteiger partial charge in [-0.05, 0) is 67.1 Å². The van der Waals surface area contributed by atoms with Gasteiger partial charge in [0.05, 0.1) is 18.7 Å². The number of fused-ring (bicyclic) bond motifs is 1. The number of nitrogens with zero attached hydrogens (tertiary/aromatic N) is 4. The number of amides is 2. The molecule has 9 nitrogen and oxygen atoms in total. The fourth-order valence-corrected chi connectivity index (χ4v) is 5.18. The van der Waals surface area contributed by atoms with Gasteiger partial charge in [-0.15, -0.1) is 5.10 Å². The zero-order chi connectivity index (χ0) is 27.9. The first-order chi connectivity index (χ1) is 19.5. The van der Waals surface area contributed by atoms with E-state index in [-0.39, 0.29) is 24.5 Å². The highest BCUT2D eigenvalue weighted by Gasteiger charge is 2.33. The minimum atomic E-state index is -0.872. The molecular weight excluding hydrogens is 506 g/mol. The molecule has 2 amide bonds. The Hall–Kier alpha value is -4.24. The van der Waals surface area contributed by atoms with Crippen LogP contribution in [0, 0.1) is 6.92 Å². The van der Waals surface area contributed by atoms with Crippen LogP contribution in [0.25, 0.3) is 11.0 Å². The van der Waals surface area contributed by atoms with Crippen LogP contribution in [0.1, 0.15) is 35.6 Å². The predicted molar refractivity (Wildman–Crippen MR) is 152 cm³/mol. The summed E-state index contributed by atoms with van der Waals surface area (Å²) >= 11 is 0. The number of methoxy groups -OCH3 is 1. The molecule has 40 heavy (non-hydrogen) atoms. The van der Waals surface area contributed by atoms with Gasteiger partial charge in [-0.1, -0.05) is 53.7 Å². The summed E-state index contributed by atoms with van der Waals surface area (Å²) in [6, 6.07) is 22.1. The predicted octanol–water partition coefficient (Wildman–Crippen LogP) is 3.86. The molecule has 0 saturated carbocycles. The van der Waals surface area contributed by atoms with Crippen molar-refractivity contribution in [3.63, 3.8) is 0 Å². The zero-order valence-corrected chi connectivity index (χ0v) is 23.0. The van der Waals surface area contributed by atoms with Gasteiger partial charge in [0.2, 0.25) is 11.8 Å². The molecule has 1 aliphatic heterocycles. The second kappa shape index (κ2) is 12.7. The average Bonchev–Trinajstić information content (AvgIpc) is 3.65. The van der Waals surface area contributed by atoms with Crippen LogP contribution in [-0.4, -0.2) is 64.6 Å². The van der Waals surface area contributed by atoms with Crippen molar-refractivity contribution in [2.75, 3.05) is 26.8 Å². The number of carbonyl (C=O) groups is 2. The number of rotatable bonds is 11. The topological polar surface area (TPSA) is 98.6 Å². The highest BCUT2D eigenvalue weighted by atomic mass is 16.5. The average molecular weight is 542 g/mol. The molecule has 5 rings (SSSR count). The molecular formula is C31H35N5O4. The molecule has 0 bridgehead atoms. The Morgan fingerprint density at radius 2 is 1.95 bits per heavy atom. The van der Waals surface area contributed by atoms with Gasteiger partial charge in [0.15, 0.2) is 0 Å². The molecule has 4 aromatic rings. The maximum absolute atomic E-state index is 14.1. The monoisotopic (exact) mass is 541 g/mol. The molecule has 0 unspecified atom stereocenters. The van der Waals surface area contributed by atoms with Crippen molar-refractivity contribution in [3.8, 4) is 5.75 Å². The molecule has 3 aromatic carbocycles. The van der Waals surface area contributed by atoms with E-state index in [0.29, 0.717) is 42.9 Å². The van der Waals surface area contributed by atoms with Crippen molar-refractivity contribution in [2.45, 2.75) is 44.9 Å². The summed E-state index contributed by atoms with van der Waals surface area (Å²) in [5.41, 5.74) is 4.40. The lowest BCUT2D eigenvalue weighted by atomic mass is 10.0. The van der Waals surface area contributed by atoms with E-state index in [4.69, 9.17) is 9.47 Å². The van der Waals surface area contributed by atoms with Crippen molar-refractivity contribution in [1.29, 1.82) is 0 Å². The van der Waals surface area contributed by atoms with Crippen LogP contribution in [0.4, 0.5) is 0 Å². The molecule has 1 fully saturated rings. The van der Waals surface area contributed by atoms with Gasteiger partial charge in [0.1, 0.15) is 23.9 Å². The number of para-hydroxylation sites is 1. The summed E-state index contributed by atoms with van der Waals surface area (Å²) in [7, 11) is 1.59. The number of nitrogens with one attached hydrogen (secondary N) is 1. The minimum Gasteiger partial charge on any atom is -0.497 e. The Morgan fingerprint density at radius 3 is 2.75 bits per heavy atom. The van der Waals surface area contributed by atoms with Crippen molar-refractivity contribution in [2.24, 2.45) is 0 Å². The number of ether oxygens (including phenoxy) is 2.